The van der Waals surface area contributed by atoms with E-state index < -0.39 is 5.82 Å². The largest absolute Gasteiger partial charge is 0.437 e. The normalized spacial score (nSPS) is 16.9. The maximum Gasteiger partial charge on any atom is 0.251 e. The van der Waals surface area contributed by atoms with Crippen LogP contribution in [0.15, 0.2) is 28.7 Å². The molecule has 0 radical (unpaired) electrons. The van der Waals surface area contributed by atoms with Crippen LogP contribution in [-0.4, -0.2) is 43.7 Å². The van der Waals surface area contributed by atoms with Gasteiger partial charge in [-0.05, 0) is 53.8 Å². The highest BCUT2D eigenvalue weighted by Crippen LogP contribution is 2.38. The van der Waals surface area contributed by atoms with Gasteiger partial charge in [0.1, 0.15) is 11.6 Å². The smallest absolute Gasteiger partial charge is 0.251 e. The fraction of sp³-hybridized carbons (Fsp3) is 0.333. The van der Waals surface area contributed by atoms with E-state index in [4.69, 9.17) is 9.15 Å². The molecule has 8 heteroatoms. The Morgan fingerprint density at radius 3 is 2.93 bits per heavy atom. The third kappa shape index (κ3) is 4.01. The van der Waals surface area contributed by atoms with Crippen molar-refractivity contribution in [3.63, 3.8) is 0 Å². The second-order valence-electron chi connectivity index (χ2n) is 7.01. The summed E-state index contributed by atoms with van der Waals surface area (Å²) in [4.78, 5) is 16.4. The number of morpholine rings is 1. The monoisotopic (exact) mass is 509 g/mol. The summed E-state index contributed by atoms with van der Waals surface area (Å²) in [5, 5.41) is 6.70. The Morgan fingerprint density at radius 1 is 1.41 bits per heavy atom. The maximum absolute atomic E-state index is 15.2. The lowest BCUT2D eigenvalue weighted by Gasteiger charge is -2.23. The van der Waals surface area contributed by atoms with E-state index in [0.29, 0.717) is 33.6 Å². The SMILES string of the molecule is CNC(=O)c1cc(F)c(-c2oc3nc(C)ccc3c2C[C@H]2CNCCO2)c(I)c1. The predicted molar refractivity (Wildman–Crippen MR) is 117 cm³/mol. The van der Waals surface area contributed by atoms with Crippen molar-refractivity contribution in [2.24, 2.45) is 0 Å². The van der Waals surface area contributed by atoms with Gasteiger partial charge in [-0.1, -0.05) is 0 Å². The molecule has 3 aromatic rings. The number of rotatable bonds is 4. The van der Waals surface area contributed by atoms with E-state index in [9.17, 15) is 4.79 Å². The summed E-state index contributed by atoms with van der Waals surface area (Å²) < 4.78 is 27.7. The van der Waals surface area contributed by atoms with Crippen molar-refractivity contribution in [3.05, 3.63) is 50.5 Å². The second kappa shape index (κ2) is 8.37. The summed E-state index contributed by atoms with van der Waals surface area (Å²) >= 11 is 2.04. The fourth-order valence-electron chi connectivity index (χ4n) is 3.57. The highest BCUT2D eigenvalue weighted by atomic mass is 127. The molecule has 1 aromatic carbocycles. The number of furan rings is 1. The van der Waals surface area contributed by atoms with E-state index in [1.807, 2.05) is 41.6 Å². The minimum Gasteiger partial charge on any atom is -0.437 e. The first-order valence-electron chi connectivity index (χ1n) is 9.40. The predicted octanol–water partition coefficient (Wildman–Crippen LogP) is 3.44. The Kier molecular flexibility index (Phi) is 5.84. The Bertz CT molecular complexity index is 1050. The lowest BCUT2D eigenvalue weighted by molar-refractivity contribution is 0.0294. The van der Waals surface area contributed by atoms with Gasteiger partial charge in [0.2, 0.25) is 5.71 Å². The van der Waals surface area contributed by atoms with Crippen LogP contribution >= 0.6 is 22.6 Å². The van der Waals surface area contributed by atoms with Crippen molar-refractivity contribution in [3.8, 4) is 11.3 Å². The number of ether oxygens (including phenoxy) is 1. The molecule has 0 bridgehead atoms. The molecular formula is C21H21FIN3O3. The zero-order valence-corrected chi connectivity index (χ0v) is 18.3. The second-order valence-corrected chi connectivity index (χ2v) is 8.17. The van der Waals surface area contributed by atoms with Gasteiger partial charge in [0.15, 0.2) is 0 Å². The molecule has 0 aliphatic carbocycles. The van der Waals surface area contributed by atoms with Gasteiger partial charge in [-0.2, -0.15) is 0 Å². The van der Waals surface area contributed by atoms with Crippen LogP contribution in [0.2, 0.25) is 0 Å². The molecule has 1 fully saturated rings. The average molecular weight is 509 g/mol. The number of hydrogen-bond donors (Lipinski definition) is 2. The molecule has 6 nitrogen and oxygen atoms in total. The molecule has 2 N–H and O–H groups in total. The number of aromatic nitrogens is 1. The molecule has 1 atom stereocenters. The Labute approximate surface area is 181 Å². The molecule has 3 heterocycles. The minimum atomic E-state index is -0.504. The highest BCUT2D eigenvalue weighted by molar-refractivity contribution is 14.1. The molecule has 4 rings (SSSR count). The number of halogens is 2. The van der Waals surface area contributed by atoms with Crippen molar-refractivity contribution >= 4 is 39.6 Å². The third-order valence-corrected chi connectivity index (χ3v) is 5.84. The minimum absolute atomic E-state index is 0.0320. The molecule has 1 saturated heterocycles. The zero-order chi connectivity index (χ0) is 20.5. The number of carbonyl (C=O) groups excluding carboxylic acids is 1. The molecule has 29 heavy (non-hydrogen) atoms. The van der Waals surface area contributed by atoms with Crippen LogP contribution in [0.4, 0.5) is 4.39 Å². The van der Waals surface area contributed by atoms with Crippen LogP contribution < -0.4 is 10.6 Å². The molecule has 152 valence electrons. The van der Waals surface area contributed by atoms with Crippen molar-refractivity contribution in [1.82, 2.24) is 15.6 Å². The summed E-state index contributed by atoms with van der Waals surface area (Å²) in [5.41, 5.74) is 2.78. The number of aryl methyl sites for hydroxylation is 1. The van der Waals surface area contributed by atoms with Crippen LogP contribution in [0, 0.1) is 16.3 Å². The van der Waals surface area contributed by atoms with Crippen LogP contribution in [0.5, 0.6) is 0 Å². The van der Waals surface area contributed by atoms with Gasteiger partial charge in [0.05, 0.1) is 18.3 Å². The molecular weight excluding hydrogens is 488 g/mol. The number of nitrogens with zero attached hydrogens (tertiary/aromatic N) is 1. The molecule has 0 spiro atoms. The molecule has 0 saturated carbocycles. The van der Waals surface area contributed by atoms with E-state index in [1.54, 1.807) is 6.07 Å². The number of hydrogen-bond acceptors (Lipinski definition) is 5. The van der Waals surface area contributed by atoms with Gasteiger partial charge in [0.25, 0.3) is 5.91 Å². The number of nitrogens with one attached hydrogen (secondary N) is 2. The fourth-order valence-corrected chi connectivity index (χ4v) is 4.41. The third-order valence-electron chi connectivity index (χ3n) is 4.99. The Hall–Kier alpha value is -2.04. The number of fused-ring (bicyclic) bond motifs is 1. The van der Waals surface area contributed by atoms with E-state index in [2.05, 4.69) is 15.6 Å². The molecule has 1 amide bonds. The number of pyridine rings is 1. The molecule has 2 aromatic heterocycles. The summed E-state index contributed by atoms with van der Waals surface area (Å²) in [7, 11) is 1.52. The van der Waals surface area contributed by atoms with Crippen molar-refractivity contribution in [1.29, 1.82) is 0 Å². The van der Waals surface area contributed by atoms with Crippen LogP contribution in [0.3, 0.4) is 0 Å². The number of benzene rings is 1. The van der Waals surface area contributed by atoms with Gasteiger partial charge in [-0.15, -0.1) is 0 Å². The van der Waals surface area contributed by atoms with E-state index in [-0.39, 0.29) is 17.6 Å². The van der Waals surface area contributed by atoms with Crippen LogP contribution in [0.25, 0.3) is 22.4 Å². The van der Waals surface area contributed by atoms with E-state index in [0.717, 1.165) is 29.7 Å². The maximum atomic E-state index is 15.2. The zero-order valence-electron chi connectivity index (χ0n) is 16.1. The lowest BCUT2D eigenvalue weighted by atomic mass is 9.99. The first kappa shape index (κ1) is 20.2. The summed E-state index contributed by atoms with van der Waals surface area (Å²) in [6, 6.07) is 6.78. The number of amides is 1. The highest BCUT2D eigenvalue weighted by Gasteiger charge is 2.26. The van der Waals surface area contributed by atoms with E-state index >= 15 is 4.39 Å². The summed E-state index contributed by atoms with van der Waals surface area (Å²) in [5.74, 6) is -0.398. The topological polar surface area (TPSA) is 76.4 Å². The quantitative estimate of drug-likeness (QED) is 0.528. The van der Waals surface area contributed by atoms with Crippen LogP contribution in [0.1, 0.15) is 21.6 Å². The number of carbonyl (C=O) groups is 1. The van der Waals surface area contributed by atoms with Crippen molar-refractivity contribution in [2.75, 3.05) is 26.7 Å². The first-order valence-corrected chi connectivity index (χ1v) is 10.5. The standard InChI is InChI=1S/C21H21FIN3O3/c1-11-3-4-14-15(9-13-10-25-5-6-28-13)19(29-21(14)26-11)18-16(22)7-12(8-17(18)23)20(27)24-2/h3-4,7-8,13,25H,5-6,9-10H2,1-2H3,(H,24,27)/t13-/m0/s1. The van der Waals surface area contributed by atoms with Crippen LogP contribution in [-0.2, 0) is 11.2 Å². The van der Waals surface area contributed by atoms with Crippen molar-refractivity contribution < 1.29 is 18.3 Å². The first-order chi connectivity index (χ1) is 14.0. The molecule has 1 aliphatic heterocycles. The molecule has 0 unspecified atom stereocenters. The average Bonchev–Trinajstić information content (AvgIpc) is 3.04. The van der Waals surface area contributed by atoms with Gasteiger partial charge in [-0.25, -0.2) is 9.37 Å². The summed E-state index contributed by atoms with van der Waals surface area (Å²) in [6.45, 7) is 4.07. The Balaban J connectivity index is 1.86. The van der Waals surface area contributed by atoms with Gasteiger partial charge in [0, 0.05) is 52.3 Å². The van der Waals surface area contributed by atoms with E-state index in [1.165, 1.54) is 13.1 Å². The summed E-state index contributed by atoms with van der Waals surface area (Å²) in [6.07, 6.45) is 0.544. The van der Waals surface area contributed by atoms with Gasteiger partial charge < -0.3 is 19.8 Å². The van der Waals surface area contributed by atoms with Crippen molar-refractivity contribution in [2.45, 2.75) is 19.4 Å². The van der Waals surface area contributed by atoms with Gasteiger partial charge in [-0.3, -0.25) is 4.79 Å². The Morgan fingerprint density at radius 2 is 2.24 bits per heavy atom. The van der Waals surface area contributed by atoms with Gasteiger partial charge >= 0.3 is 0 Å². The lowest BCUT2D eigenvalue weighted by Crippen LogP contribution is -2.39. The molecule has 1 aliphatic rings.